The van der Waals surface area contributed by atoms with E-state index < -0.39 is 0 Å². The van der Waals surface area contributed by atoms with Crippen LogP contribution in [0.3, 0.4) is 0 Å². The molecule has 0 N–H and O–H groups in total. The van der Waals surface area contributed by atoms with E-state index in [-0.39, 0.29) is 0 Å². The van der Waals surface area contributed by atoms with Crippen LogP contribution in [-0.2, 0) is 0 Å². The highest BCUT2D eigenvalue weighted by molar-refractivity contribution is 8.03. The fourth-order valence-electron chi connectivity index (χ4n) is 0.379. The highest BCUT2D eigenvalue weighted by Gasteiger charge is 1.89. The van der Waals surface area contributed by atoms with Crippen molar-refractivity contribution in [1.82, 2.24) is 9.97 Å². The van der Waals surface area contributed by atoms with Crippen LogP contribution in [-0.4, -0.2) is 9.97 Å². The van der Waals surface area contributed by atoms with Crippen LogP contribution in [0.5, 0.6) is 0 Å². The fourth-order valence-corrected chi connectivity index (χ4v) is 0.688. The van der Waals surface area contributed by atoms with E-state index in [0.29, 0.717) is 5.16 Å². The molecule has 0 unspecified atom stereocenters. The maximum Gasteiger partial charge on any atom is 0.202 e. The number of aromatic nitrogens is 2. The van der Waals surface area contributed by atoms with E-state index in [0.717, 1.165) is 11.8 Å². The smallest absolute Gasteiger partial charge is 0.202 e. The van der Waals surface area contributed by atoms with Crippen molar-refractivity contribution in [2.75, 3.05) is 0 Å². The minimum Gasteiger partial charge on any atom is -0.230 e. The van der Waals surface area contributed by atoms with Crippen molar-refractivity contribution >= 4 is 11.8 Å². The second-order valence-electron chi connectivity index (χ2n) is 1.22. The average Bonchev–Trinajstić information content (AvgIpc) is 1.91. The molecule has 0 saturated carbocycles. The van der Waals surface area contributed by atoms with Gasteiger partial charge < -0.3 is 0 Å². The summed E-state index contributed by atoms with van der Waals surface area (Å²) in [6, 6.07) is 1.71. The van der Waals surface area contributed by atoms with Gasteiger partial charge in [-0.15, -0.1) is 0 Å². The fraction of sp³-hybridized carbons (Fsp3) is 0. The minimum absolute atomic E-state index is 0.500. The van der Waals surface area contributed by atoms with Crippen molar-refractivity contribution in [3.63, 3.8) is 0 Å². The zero-order chi connectivity index (χ0) is 6.53. The van der Waals surface area contributed by atoms with Crippen LogP contribution in [0.4, 0.5) is 0 Å². The highest BCUT2D eigenvalue weighted by Crippen LogP contribution is 2.06. The largest absolute Gasteiger partial charge is 0.230 e. The van der Waals surface area contributed by atoms with Gasteiger partial charge >= 0.3 is 0 Å². The van der Waals surface area contributed by atoms with Gasteiger partial charge in [-0.1, -0.05) is 0 Å². The molecule has 0 aromatic carbocycles. The Morgan fingerprint density at radius 2 is 2.11 bits per heavy atom. The van der Waals surface area contributed by atoms with E-state index in [4.69, 9.17) is 5.26 Å². The lowest BCUT2D eigenvalue weighted by atomic mass is 10.7. The van der Waals surface area contributed by atoms with Gasteiger partial charge in [0.15, 0.2) is 0 Å². The van der Waals surface area contributed by atoms with Gasteiger partial charge in [0.25, 0.3) is 0 Å². The Kier molecular flexibility index (Phi) is 2.05. The molecule has 0 aliphatic heterocycles. The summed E-state index contributed by atoms with van der Waals surface area (Å²) in [5, 5.41) is 10.5. The summed E-state index contributed by atoms with van der Waals surface area (Å²) in [5.74, 6) is 0. The quantitative estimate of drug-likeness (QED) is 0.330. The van der Waals surface area contributed by atoms with E-state index in [2.05, 4.69) is 9.97 Å². The van der Waals surface area contributed by atoms with E-state index in [1.165, 1.54) is 0 Å². The molecule has 1 aromatic heterocycles. The summed E-state index contributed by atoms with van der Waals surface area (Å²) in [7, 11) is 0. The van der Waals surface area contributed by atoms with Gasteiger partial charge in [-0.3, -0.25) is 0 Å². The third-order valence-corrected chi connectivity index (χ3v) is 1.16. The van der Waals surface area contributed by atoms with Gasteiger partial charge in [0.2, 0.25) is 5.16 Å². The molecule has 1 rings (SSSR count). The molecule has 0 fully saturated rings. The highest BCUT2D eigenvalue weighted by atomic mass is 32.2. The molecular weight excluding hydrogens is 134 g/mol. The maximum atomic E-state index is 8.15. The van der Waals surface area contributed by atoms with Gasteiger partial charge in [0, 0.05) is 24.2 Å². The lowest BCUT2D eigenvalue weighted by Gasteiger charge is -1.85. The molecule has 0 aliphatic rings. The van der Waals surface area contributed by atoms with Crippen LogP contribution in [0.25, 0.3) is 0 Å². The Labute approximate surface area is 56.8 Å². The number of nitrogens with zero attached hydrogens (tertiary/aromatic N) is 3. The molecule has 4 heteroatoms. The molecule has 44 valence electrons. The third kappa shape index (κ3) is 1.70. The zero-order valence-electron chi connectivity index (χ0n) is 4.48. The van der Waals surface area contributed by atoms with Crippen LogP contribution >= 0.6 is 11.8 Å². The normalized spacial score (nSPS) is 8.33. The number of hydrogen-bond acceptors (Lipinski definition) is 4. The molecule has 9 heavy (non-hydrogen) atoms. The number of rotatable bonds is 1. The standard InChI is InChI=1S/C5H3N3S/c6-4-9-5-7-2-1-3-8-5/h1-3H. The second kappa shape index (κ2) is 3.05. The first-order valence-corrected chi connectivity index (χ1v) is 3.08. The van der Waals surface area contributed by atoms with Crippen molar-refractivity contribution in [2.45, 2.75) is 5.16 Å². The Morgan fingerprint density at radius 1 is 1.44 bits per heavy atom. The molecular formula is C5H3N3S. The Bertz CT molecular complexity index is 215. The molecule has 1 heterocycles. The van der Waals surface area contributed by atoms with Crippen LogP contribution < -0.4 is 0 Å². The molecule has 0 aliphatic carbocycles. The summed E-state index contributed by atoms with van der Waals surface area (Å²) in [6.07, 6.45) is 3.21. The SMILES string of the molecule is N#CSc1ncccn1. The van der Waals surface area contributed by atoms with Gasteiger partial charge in [0.05, 0.1) is 0 Å². The van der Waals surface area contributed by atoms with Gasteiger partial charge in [-0.05, 0) is 6.07 Å². The number of nitriles is 1. The lowest BCUT2D eigenvalue weighted by Crippen LogP contribution is -1.79. The number of hydrogen-bond donors (Lipinski definition) is 0. The Hall–Kier alpha value is -1.08. The molecule has 0 amide bonds. The first-order chi connectivity index (χ1) is 4.43. The summed E-state index contributed by atoms with van der Waals surface area (Å²) < 4.78 is 0. The van der Waals surface area contributed by atoms with Crippen molar-refractivity contribution in [2.24, 2.45) is 0 Å². The van der Waals surface area contributed by atoms with Crippen molar-refractivity contribution in [1.29, 1.82) is 5.26 Å². The predicted octanol–water partition coefficient (Wildman–Crippen LogP) is 1.05. The number of thiocyanates is 1. The summed E-state index contributed by atoms with van der Waals surface area (Å²) in [6.45, 7) is 0. The van der Waals surface area contributed by atoms with Crippen LogP contribution in [0.2, 0.25) is 0 Å². The monoisotopic (exact) mass is 137 g/mol. The minimum atomic E-state index is 0.500. The molecule has 1 aromatic rings. The summed E-state index contributed by atoms with van der Waals surface area (Å²) in [5.41, 5.74) is 0. The summed E-state index contributed by atoms with van der Waals surface area (Å²) in [4.78, 5) is 7.60. The maximum absolute atomic E-state index is 8.15. The average molecular weight is 137 g/mol. The van der Waals surface area contributed by atoms with E-state index in [9.17, 15) is 0 Å². The molecule has 0 saturated heterocycles. The third-order valence-electron chi connectivity index (χ3n) is 0.679. The van der Waals surface area contributed by atoms with E-state index >= 15 is 0 Å². The van der Waals surface area contributed by atoms with Gasteiger partial charge in [-0.2, -0.15) is 5.26 Å². The second-order valence-corrected chi connectivity index (χ2v) is 1.98. The van der Waals surface area contributed by atoms with Crippen molar-refractivity contribution in [3.05, 3.63) is 18.5 Å². The topological polar surface area (TPSA) is 49.6 Å². The lowest BCUT2D eigenvalue weighted by molar-refractivity contribution is 0.972. The zero-order valence-corrected chi connectivity index (χ0v) is 5.30. The van der Waals surface area contributed by atoms with Crippen molar-refractivity contribution in [3.8, 4) is 5.40 Å². The summed E-state index contributed by atoms with van der Waals surface area (Å²) >= 11 is 0.959. The predicted molar refractivity (Wildman–Crippen MR) is 33.5 cm³/mol. The first kappa shape index (κ1) is 6.05. The van der Waals surface area contributed by atoms with Gasteiger partial charge in [-0.25, -0.2) is 9.97 Å². The molecule has 3 nitrogen and oxygen atoms in total. The van der Waals surface area contributed by atoms with E-state index in [1.807, 2.05) is 5.40 Å². The molecule has 0 radical (unpaired) electrons. The van der Waals surface area contributed by atoms with Crippen LogP contribution in [0.15, 0.2) is 23.6 Å². The Morgan fingerprint density at radius 3 is 2.67 bits per heavy atom. The first-order valence-electron chi connectivity index (χ1n) is 2.26. The van der Waals surface area contributed by atoms with Crippen molar-refractivity contribution < 1.29 is 0 Å². The molecule has 0 spiro atoms. The number of thioether (sulfide) groups is 1. The Balaban J connectivity index is 2.76. The van der Waals surface area contributed by atoms with Crippen LogP contribution in [0.1, 0.15) is 0 Å². The molecule has 0 bridgehead atoms. The van der Waals surface area contributed by atoms with Gasteiger partial charge in [0.1, 0.15) is 5.40 Å². The molecule has 0 atom stereocenters. The van der Waals surface area contributed by atoms with Crippen LogP contribution in [0, 0.1) is 10.7 Å². The van der Waals surface area contributed by atoms with E-state index in [1.54, 1.807) is 18.5 Å².